The van der Waals surface area contributed by atoms with Gasteiger partial charge in [-0.3, -0.25) is 9.59 Å². The molecule has 0 aromatic carbocycles. The van der Waals surface area contributed by atoms with Crippen molar-refractivity contribution >= 4 is 49.5 Å². The number of hydrogen-bond donors (Lipinski definition) is 3. The largest absolute Gasteiger partial charge is 0.490 e. The van der Waals surface area contributed by atoms with Crippen LogP contribution in [0.4, 0.5) is 13.2 Å². The summed E-state index contributed by atoms with van der Waals surface area (Å²) in [6.45, 7) is 2.81. The van der Waals surface area contributed by atoms with Gasteiger partial charge in [0.2, 0.25) is 15.9 Å². The Morgan fingerprint density at radius 1 is 1.16 bits per heavy atom. The number of rotatable bonds is 12. The Balaban J connectivity index is 0.00000110. The average molecular weight is 513 g/mol. The van der Waals surface area contributed by atoms with Crippen molar-refractivity contribution in [1.82, 2.24) is 9.62 Å². The van der Waals surface area contributed by atoms with Crippen LogP contribution in [0.15, 0.2) is 0 Å². The van der Waals surface area contributed by atoms with Crippen LogP contribution in [0.3, 0.4) is 0 Å². The quantitative estimate of drug-likeness (QED) is 0.265. The number of aliphatic carboxylic acids is 2. The van der Waals surface area contributed by atoms with E-state index >= 15 is 0 Å². The molecule has 0 saturated carbocycles. The Hall–Kier alpha value is -1.19. The van der Waals surface area contributed by atoms with Gasteiger partial charge >= 0.3 is 18.1 Å². The van der Waals surface area contributed by atoms with Gasteiger partial charge in [-0.1, -0.05) is 34.9 Å². The Kier molecular flexibility index (Phi) is 14.2. The first-order valence-electron chi connectivity index (χ1n) is 9.36. The van der Waals surface area contributed by atoms with Crippen LogP contribution >= 0.6 is 21.6 Å². The monoisotopic (exact) mass is 512 g/mol. The van der Waals surface area contributed by atoms with E-state index in [9.17, 15) is 31.2 Å². The van der Waals surface area contributed by atoms with E-state index in [1.54, 1.807) is 0 Å². The van der Waals surface area contributed by atoms with Crippen molar-refractivity contribution in [2.45, 2.75) is 51.2 Å². The van der Waals surface area contributed by atoms with Gasteiger partial charge in [0.15, 0.2) is 0 Å². The molecule has 1 atom stereocenters. The van der Waals surface area contributed by atoms with Gasteiger partial charge in [0.1, 0.15) is 6.04 Å². The molecular formula is C16H27F3N2O7S3. The maximum atomic E-state index is 12.3. The van der Waals surface area contributed by atoms with Gasteiger partial charge < -0.3 is 15.5 Å². The third kappa shape index (κ3) is 13.1. The topological polar surface area (TPSA) is 141 Å². The van der Waals surface area contributed by atoms with Crippen molar-refractivity contribution < 1.29 is 46.2 Å². The number of carbonyl (C=O) groups excluding carboxylic acids is 1. The van der Waals surface area contributed by atoms with E-state index < -0.39 is 34.2 Å². The van der Waals surface area contributed by atoms with E-state index in [2.05, 4.69) is 5.32 Å². The molecule has 15 heteroatoms. The first-order valence-corrected chi connectivity index (χ1v) is 13.5. The molecule has 31 heavy (non-hydrogen) atoms. The third-order valence-corrected chi connectivity index (χ3v) is 8.19. The lowest BCUT2D eigenvalue weighted by Crippen LogP contribution is -2.47. The van der Waals surface area contributed by atoms with E-state index in [-0.39, 0.29) is 18.1 Å². The number of nitrogens with one attached hydrogen (secondary N) is 1. The van der Waals surface area contributed by atoms with Gasteiger partial charge in [0.25, 0.3) is 0 Å². The smallest absolute Gasteiger partial charge is 0.481 e. The molecule has 1 amide bonds. The molecule has 0 aliphatic carbocycles. The molecule has 1 saturated heterocycles. The number of carboxylic acids is 2. The van der Waals surface area contributed by atoms with Crippen LogP contribution in [0, 0.1) is 0 Å². The molecule has 0 spiro atoms. The molecule has 1 heterocycles. The van der Waals surface area contributed by atoms with Gasteiger partial charge in [-0.25, -0.2) is 13.2 Å². The molecule has 0 aromatic heterocycles. The number of carboxylic acid groups (broad SMARTS) is 2. The number of hydrogen-bond acceptors (Lipinski definition) is 7. The molecule has 0 radical (unpaired) electrons. The molecule has 0 bridgehead atoms. The molecule has 1 fully saturated rings. The van der Waals surface area contributed by atoms with E-state index in [4.69, 9.17) is 15.0 Å². The average Bonchev–Trinajstić information content (AvgIpc) is 3.16. The summed E-state index contributed by atoms with van der Waals surface area (Å²) in [5.74, 6) is -2.52. The predicted molar refractivity (Wildman–Crippen MR) is 112 cm³/mol. The molecule has 1 aliphatic rings. The summed E-state index contributed by atoms with van der Waals surface area (Å²) in [4.78, 5) is 31.5. The second-order valence-corrected chi connectivity index (χ2v) is 11.1. The Bertz CT molecular complexity index is 690. The van der Waals surface area contributed by atoms with Crippen LogP contribution in [0.2, 0.25) is 0 Å². The van der Waals surface area contributed by atoms with Gasteiger partial charge in [0, 0.05) is 24.6 Å². The lowest BCUT2D eigenvalue weighted by atomic mass is 10.2. The van der Waals surface area contributed by atoms with E-state index in [1.807, 2.05) is 6.92 Å². The van der Waals surface area contributed by atoms with Crippen LogP contribution in [-0.2, 0) is 24.4 Å². The minimum absolute atomic E-state index is 0.101. The maximum Gasteiger partial charge on any atom is 0.490 e. The molecule has 3 N–H and O–H groups in total. The summed E-state index contributed by atoms with van der Waals surface area (Å²) in [6.07, 6.45) is -2.27. The molecule has 182 valence electrons. The fourth-order valence-electron chi connectivity index (χ4n) is 2.36. The van der Waals surface area contributed by atoms with Crippen molar-refractivity contribution in [1.29, 1.82) is 0 Å². The Morgan fingerprint density at radius 2 is 1.74 bits per heavy atom. The second-order valence-electron chi connectivity index (χ2n) is 6.32. The number of nitrogens with zero attached hydrogens (tertiary/aromatic N) is 1. The molecule has 1 aliphatic heterocycles. The molecular weight excluding hydrogens is 485 g/mol. The van der Waals surface area contributed by atoms with Gasteiger partial charge in [-0.05, 0) is 19.3 Å². The molecule has 1 unspecified atom stereocenters. The standard InChI is InChI=1S/C14H26N2O5S3.C2HF3O2/c1-2-3-11-24(20,21)16-8-4-5-12(16)14(19)15-7-10-23-22-9-6-13(17)18;3-2(4,5)1(6)7/h12H,2-11H2,1H3,(H,15,19)(H,17,18);(H,6,7). The van der Waals surface area contributed by atoms with Crippen LogP contribution in [0.5, 0.6) is 0 Å². The highest BCUT2D eigenvalue weighted by Gasteiger charge is 2.38. The summed E-state index contributed by atoms with van der Waals surface area (Å²) in [5, 5.41) is 18.4. The van der Waals surface area contributed by atoms with Crippen molar-refractivity contribution in [3.63, 3.8) is 0 Å². The normalized spacial score (nSPS) is 17.0. The zero-order valence-corrected chi connectivity index (χ0v) is 19.3. The molecule has 0 aromatic rings. The number of unbranched alkanes of at least 4 members (excludes halogenated alkanes) is 1. The lowest BCUT2D eigenvalue weighted by molar-refractivity contribution is -0.192. The third-order valence-electron chi connectivity index (χ3n) is 3.83. The second kappa shape index (κ2) is 14.8. The summed E-state index contributed by atoms with van der Waals surface area (Å²) >= 11 is 0. The van der Waals surface area contributed by atoms with Gasteiger partial charge in [-0.15, -0.1) is 0 Å². The highest BCUT2D eigenvalue weighted by Crippen LogP contribution is 2.23. The summed E-state index contributed by atoms with van der Waals surface area (Å²) in [7, 11) is -0.398. The van der Waals surface area contributed by atoms with Crippen molar-refractivity contribution in [2.75, 3.05) is 30.3 Å². The van der Waals surface area contributed by atoms with Crippen LogP contribution < -0.4 is 5.32 Å². The summed E-state index contributed by atoms with van der Waals surface area (Å²) < 4.78 is 57.7. The number of halogens is 3. The number of amides is 1. The lowest BCUT2D eigenvalue weighted by Gasteiger charge is -2.23. The molecule has 9 nitrogen and oxygen atoms in total. The maximum absolute atomic E-state index is 12.3. The first kappa shape index (κ1) is 29.8. The number of carbonyl (C=O) groups is 3. The van der Waals surface area contributed by atoms with Crippen LogP contribution in [0.1, 0.15) is 39.0 Å². The van der Waals surface area contributed by atoms with Crippen LogP contribution in [-0.4, -0.2) is 83.3 Å². The Labute approximate surface area is 186 Å². The fraction of sp³-hybridized carbons (Fsp3) is 0.812. The van der Waals surface area contributed by atoms with Crippen molar-refractivity contribution in [3.05, 3.63) is 0 Å². The molecule has 1 rings (SSSR count). The zero-order chi connectivity index (χ0) is 24.1. The van der Waals surface area contributed by atoms with Gasteiger partial charge in [0.05, 0.1) is 12.2 Å². The summed E-state index contributed by atoms with van der Waals surface area (Å²) in [6, 6.07) is -0.587. The van der Waals surface area contributed by atoms with Crippen molar-refractivity contribution in [3.8, 4) is 0 Å². The van der Waals surface area contributed by atoms with E-state index in [1.165, 1.54) is 25.9 Å². The van der Waals surface area contributed by atoms with Crippen LogP contribution in [0.25, 0.3) is 0 Å². The SMILES string of the molecule is CCCCS(=O)(=O)N1CCCC1C(=O)NCCSSCCC(=O)O.O=C(O)C(F)(F)F. The highest BCUT2D eigenvalue weighted by molar-refractivity contribution is 8.76. The highest BCUT2D eigenvalue weighted by atomic mass is 33.1. The zero-order valence-electron chi connectivity index (χ0n) is 16.9. The van der Waals surface area contributed by atoms with E-state index in [0.717, 1.165) is 6.42 Å². The Morgan fingerprint density at radius 3 is 2.26 bits per heavy atom. The fourth-order valence-corrected chi connectivity index (χ4v) is 6.13. The number of alkyl halides is 3. The summed E-state index contributed by atoms with van der Waals surface area (Å²) in [5.41, 5.74) is 0. The van der Waals surface area contributed by atoms with E-state index in [0.29, 0.717) is 43.9 Å². The minimum Gasteiger partial charge on any atom is -0.481 e. The minimum atomic E-state index is -5.08. The predicted octanol–water partition coefficient (Wildman–Crippen LogP) is 2.19. The first-order chi connectivity index (χ1) is 14.3. The van der Waals surface area contributed by atoms with Gasteiger partial charge in [-0.2, -0.15) is 17.5 Å². The van der Waals surface area contributed by atoms with Crippen molar-refractivity contribution in [2.24, 2.45) is 0 Å². The number of sulfonamides is 1.